The van der Waals surface area contributed by atoms with Crippen LogP contribution in [0.15, 0.2) is 36.5 Å². The molecule has 10 nitrogen and oxygen atoms in total. The summed E-state index contributed by atoms with van der Waals surface area (Å²) in [5.41, 5.74) is 7.42. The predicted molar refractivity (Wildman–Crippen MR) is 103 cm³/mol. The van der Waals surface area contributed by atoms with Crippen LogP contribution in [-0.2, 0) is 17.8 Å². The van der Waals surface area contributed by atoms with Gasteiger partial charge in [0.15, 0.2) is 5.65 Å². The lowest BCUT2D eigenvalue weighted by atomic mass is 10.3. The number of allylic oxidation sites excluding steroid dienone is 1. The van der Waals surface area contributed by atoms with Crippen molar-refractivity contribution in [1.82, 2.24) is 24.3 Å². The number of nitrogens with zero attached hydrogens (tertiary/aromatic N) is 5. The monoisotopic (exact) mass is 383 g/mol. The van der Waals surface area contributed by atoms with Crippen LogP contribution in [0.4, 0.5) is 10.7 Å². The highest BCUT2D eigenvalue weighted by atomic mass is 16.5. The van der Waals surface area contributed by atoms with Gasteiger partial charge in [0.2, 0.25) is 5.95 Å². The third-order valence-corrected chi connectivity index (χ3v) is 3.94. The van der Waals surface area contributed by atoms with E-state index in [-0.39, 0.29) is 12.5 Å². The molecule has 0 aromatic carbocycles. The minimum absolute atomic E-state index is 0.0616. The number of nitrogens with two attached hydrogens (primary N) is 1. The molecule has 28 heavy (non-hydrogen) atoms. The number of fused-ring (bicyclic) bond motifs is 1. The molecule has 0 spiro atoms. The smallest absolute Gasteiger partial charge is 0.404 e. The summed E-state index contributed by atoms with van der Waals surface area (Å²) in [7, 11) is 0. The standard InChI is InChI=1S/C18H21N7O3/c1-3-25-14(11-12(2)23-25)16(26)22-18-21-13-7-6-8-20-15(13)24(18)9-4-5-10-28-17(19)27/h4-8,11H,3,9-10H2,1-2H3,(H2,19,27)(H,21,22,26). The van der Waals surface area contributed by atoms with E-state index < -0.39 is 6.09 Å². The lowest BCUT2D eigenvalue weighted by molar-refractivity contribution is 0.101. The molecular weight excluding hydrogens is 362 g/mol. The van der Waals surface area contributed by atoms with E-state index in [9.17, 15) is 9.59 Å². The molecule has 0 saturated carbocycles. The molecule has 3 rings (SSSR count). The van der Waals surface area contributed by atoms with Gasteiger partial charge in [-0.15, -0.1) is 0 Å². The summed E-state index contributed by atoms with van der Waals surface area (Å²) in [5, 5.41) is 7.13. The van der Waals surface area contributed by atoms with Crippen molar-refractivity contribution >= 4 is 29.1 Å². The predicted octanol–water partition coefficient (Wildman–Crippen LogP) is 1.86. The minimum atomic E-state index is -0.838. The molecule has 3 N–H and O–H groups in total. The van der Waals surface area contributed by atoms with E-state index in [2.05, 4.69) is 25.1 Å². The van der Waals surface area contributed by atoms with E-state index in [1.807, 2.05) is 19.9 Å². The summed E-state index contributed by atoms with van der Waals surface area (Å²) in [6.07, 6.45) is 4.24. The molecule has 2 amide bonds. The molecule has 0 unspecified atom stereocenters. The van der Waals surface area contributed by atoms with E-state index in [0.717, 1.165) is 5.69 Å². The molecule has 0 fully saturated rings. The molecular formula is C18H21N7O3. The second-order valence-electron chi connectivity index (χ2n) is 5.93. The molecule has 3 aromatic heterocycles. The Morgan fingerprint density at radius 2 is 2.18 bits per heavy atom. The maximum atomic E-state index is 12.8. The SMILES string of the molecule is CCn1nc(C)cc1C(=O)Nc1nc2cccnc2n1CC=CCOC(N)=O. The third kappa shape index (κ3) is 4.17. The van der Waals surface area contributed by atoms with Gasteiger partial charge in [-0.05, 0) is 38.1 Å². The Kier molecular flexibility index (Phi) is 5.68. The lowest BCUT2D eigenvalue weighted by Gasteiger charge is -2.08. The fourth-order valence-corrected chi connectivity index (χ4v) is 2.74. The van der Waals surface area contributed by atoms with E-state index in [0.29, 0.717) is 35.9 Å². The average molecular weight is 383 g/mol. The lowest BCUT2D eigenvalue weighted by Crippen LogP contribution is -2.20. The van der Waals surface area contributed by atoms with Crippen molar-refractivity contribution in [2.75, 3.05) is 11.9 Å². The van der Waals surface area contributed by atoms with Gasteiger partial charge in [-0.1, -0.05) is 6.08 Å². The number of rotatable bonds is 7. The van der Waals surface area contributed by atoms with Gasteiger partial charge in [-0.2, -0.15) is 5.10 Å². The molecule has 3 heterocycles. The molecule has 0 bridgehead atoms. The van der Waals surface area contributed by atoms with Crippen molar-refractivity contribution in [3.8, 4) is 0 Å². The average Bonchev–Trinajstić information content (AvgIpc) is 3.21. The van der Waals surface area contributed by atoms with Crippen molar-refractivity contribution < 1.29 is 14.3 Å². The van der Waals surface area contributed by atoms with Crippen LogP contribution < -0.4 is 11.1 Å². The number of imidazole rings is 1. The quantitative estimate of drug-likeness (QED) is 0.599. The van der Waals surface area contributed by atoms with Crippen LogP contribution in [0, 0.1) is 6.92 Å². The molecule has 10 heteroatoms. The zero-order valence-corrected chi connectivity index (χ0v) is 15.6. The van der Waals surface area contributed by atoms with Gasteiger partial charge in [0.1, 0.15) is 17.8 Å². The number of aryl methyl sites for hydroxylation is 2. The van der Waals surface area contributed by atoms with Crippen molar-refractivity contribution in [3.63, 3.8) is 0 Å². The Morgan fingerprint density at radius 1 is 1.36 bits per heavy atom. The number of hydrogen-bond donors (Lipinski definition) is 2. The van der Waals surface area contributed by atoms with Crippen LogP contribution in [0.5, 0.6) is 0 Å². The van der Waals surface area contributed by atoms with Gasteiger partial charge < -0.3 is 10.5 Å². The van der Waals surface area contributed by atoms with Crippen molar-refractivity contribution in [2.45, 2.75) is 26.9 Å². The summed E-state index contributed by atoms with van der Waals surface area (Å²) >= 11 is 0. The number of aromatic nitrogens is 5. The number of hydrogen-bond acceptors (Lipinski definition) is 6. The highest BCUT2D eigenvalue weighted by Gasteiger charge is 2.18. The number of anilines is 1. The van der Waals surface area contributed by atoms with E-state index in [1.54, 1.807) is 39.7 Å². The van der Waals surface area contributed by atoms with Crippen LogP contribution in [0.3, 0.4) is 0 Å². The van der Waals surface area contributed by atoms with Crippen LogP contribution in [0.1, 0.15) is 23.1 Å². The normalized spacial score (nSPS) is 11.2. The van der Waals surface area contributed by atoms with Gasteiger partial charge in [0, 0.05) is 19.3 Å². The zero-order valence-electron chi connectivity index (χ0n) is 15.6. The number of carbonyl (C=O) groups excluding carboxylic acids is 2. The molecule has 146 valence electrons. The van der Waals surface area contributed by atoms with Gasteiger partial charge in [-0.3, -0.25) is 19.4 Å². The number of primary amides is 1. The maximum absolute atomic E-state index is 12.8. The number of ether oxygens (including phenoxy) is 1. The largest absolute Gasteiger partial charge is 0.445 e. The highest BCUT2D eigenvalue weighted by Crippen LogP contribution is 2.18. The molecule has 0 aliphatic heterocycles. The van der Waals surface area contributed by atoms with Crippen molar-refractivity contribution in [2.24, 2.45) is 5.73 Å². The first kappa shape index (κ1) is 19.1. The number of amides is 2. The Bertz CT molecular complexity index is 1040. The van der Waals surface area contributed by atoms with Crippen molar-refractivity contribution in [1.29, 1.82) is 0 Å². The maximum Gasteiger partial charge on any atom is 0.404 e. The summed E-state index contributed by atoms with van der Waals surface area (Å²) in [4.78, 5) is 32.2. The number of pyridine rings is 1. The van der Waals surface area contributed by atoms with Crippen molar-refractivity contribution in [3.05, 3.63) is 47.9 Å². The molecule has 0 radical (unpaired) electrons. The Morgan fingerprint density at radius 3 is 2.93 bits per heavy atom. The first-order chi connectivity index (χ1) is 13.5. The Labute approximate surface area is 161 Å². The molecule has 0 aliphatic rings. The van der Waals surface area contributed by atoms with Gasteiger partial charge in [-0.25, -0.2) is 14.8 Å². The third-order valence-electron chi connectivity index (χ3n) is 3.94. The van der Waals surface area contributed by atoms with Crippen LogP contribution >= 0.6 is 0 Å². The summed E-state index contributed by atoms with van der Waals surface area (Å²) in [5.74, 6) is 0.0562. The molecule has 0 aliphatic carbocycles. The number of nitrogens with one attached hydrogen (secondary N) is 1. The topological polar surface area (TPSA) is 130 Å². The van der Waals surface area contributed by atoms with Crippen LogP contribution in [0.2, 0.25) is 0 Å². The first-order valence-corrected chi connectivity index (χ1v) is 8.74. The number of carbonyl (C=O) groups is 2. The second kappa shape index (κ2) is 8.33. The van der Waals surface area contributed by atoms with Gasteiger partial charge >= 0.3 is 6.09 Å². The van der Waals surface area contributed by atoms with Crippen LogP contribution in [0.25, 0.3) is 11.2 Å². The summed E-state index contributed by atoms with van der Waals surface area (Å²) in [6.45, 7) is 4.77. The summed E-state index contributed by atoms with van der Waals surface area (Å²) in [6, 6.07) is 5.32. The van der Waals surface area contributed by atoms with Gasteiger partial charge in [0.05, 0.1) is 5.69 Å². The Hall–Kier alpha value is -3.69. The van der Waals surface area contributed by atoms with E-state index >= 15 is 0 Å². The fraction of sp³-hybridized carbons (Fsp3) is 0.278. The Balaban J connectivity index is 1.85. The van der Waals surface area contributed by atoms with E-state index in [4.69, 9.17) is 5.73 Å². The molecule has 3 aromatic rings. The highest BCUT2D eigenvalue weighted by molar-refractivity contribution is 6.02. The zero-order chi connectivity index (χ0) is 20.1. The minimum Gasteiger partial charge on any atom is -0.445 e. The van der Waals surface area contributed by atoms with E-state index in [1.165, 1.54) is 0 Å². The second-order valence-corrected chi connectivity index (χ2v) is 5.93. The molecule has 0 atom stereocenters. The van der Waals surface area contributed by atoms with Crippen LogP contribution in [-0.4, -0.2) is 42.9 Å². The van der Waals surface area contributed by atoms with Gasteiger partial charge in [0.25, 0.3) is 5.91 Å². The fourth-order valence-electron chi connectivity index (χ4n) is 2.74. The summed E-state index contributed by atoms with van der Waals surface area (Å²) < 4.78 is 8.05. The first-order valence-electron chi connectivity index (χ1n) is 8.74. The molecule has 0 saturated heterocycles.